The Balaban J connectivity index is 2.69. The monoisotopic (exact) mass is 289 g/mol. The first-order valence-electron chi connectivity index (χ1n) is 7.15. The highest BCUT2D eigenvalue weighted by molar-refractivity contribution is 5.89. The Morgan fingerprint density at radius 1 is 1.33 bits per heavy atom. The lowest BCUT2D eigenvalue weighted by Crippen LogP contribution is -2.38. The Labute approximate surface area is 126 Å². The molecule has 5 nitrogen and oxygen atoms in total. The van der Waals surface area contributed by atoms with Crippen molar-refractivity contribution >= 4 is 11.7 Å². The predicted octanol–water partition coefficient (Wildman–Crippen LogP) is 3.14. The molecule has 0 spiro atoms. The SMILES string of the molecule is CC(C)CN(CCC#N)C(=O)Nc1ccc(C(C)O)cc1. The number of hydrogen-bond acceptors (Lipinski definition) is 3. The molecular weight excluding hydrogens is 266 g/mol. The minimum absolute atomic E-state index is 0.205. The second-order valence-corrected chi connectivity index (χ2v) is 5.48. The summed E-state index contributed by atoms with van der Waals surface area (Å²) in [6, 6.07) is 8.94. The molecule has 1 rings (SSSR count). The quantitative estimate of drug-likeness (QED) is 0.844. The van der Waals surface area contributed by atoms with Crippen molar-refractivity contribution in [2.45, 2.75) is 33.3 Å². The summed E-state index contributed by atoms with van der Waals surface area (Å²) in [4.78, 5) is 13.9. The van der Waals surface area contributed by atoms with E-state index in [4.69, 9.17) is 5.26 Å². The summed E-state index contributed by atoms with van der Waals surface area (Å²) in [6.45, 7) is 6.79. The lowest BCUT2D eigenvalue weighted by atomic mass is 10.1. The first-order valence-corrected chi connectivity index (χ1v) is 7.15. The molecule has 0 radical (unpaired) electrons. The Bertz CT molecular complexity index is 489. The summed E-state index contributed by atoms with van der Waals surface area (Å²) < 4.78 is 0. The van der Waals surface area contributed by atoms with Gasteiger partial charge in [-0.3, -0.25) is 0 Å². The number of urea groups is 1. The molecule has 1 atom stereocenters. The number of aliphatic hydroxyl groups excluding tert-OH is 1. The van der Waals surface area contributed by atoms with E-state index >= 15 is 0 Å². The molecule has 0 heterocycles. The maximum Gasteiger partial charge on any atom is 0.321 e. The van der Waals surface area contributed by atoms with Gasteiger partial charge >= 0.3 is 6.03 Å². The second kappa shape index (κ2) is 8.28. The maximum absolute atomic E-state index is 12.2. The lowest BCUT2D eigenvalue weighted by Gasteiger charge is -2.24. The molecule has 0 aliphatic heterocycles. The standard InChI is InChI=1S/C16H23N3O2/c1-12(2)11-19(10-4-9-17)16(21)18-15-7-5-14(6-8-15)13(3)20/h5-8,12-13,20H,4,10-11H2,1-3H3,(H,18,21). The van der Waals surface area contributed by atoms with Crippen LogP contribution in [0.5, 0.6) is 0 Å². The number of carbonyl (C=O) groups excluding carboxylic acids is 1. The molecule has 0 saturated carbocycles. The number of nitrogens with zero attached hydrogens (tertiary/aromatic N) is 2. The molecular formula is C16H23N3O2. The van der Waals surface area contributed by atoms with Crippen LogP contribution in [0.1, 0.15) is 38.9 Å². The van der Waals surface area contributed by atoms with Gasteiger partial charge in [-0.05, 0) is 30.5 Å². The summed E-state index contributed by atoms with van der Waals surface area (Å²) in [7, 11) is 0. The highest BCUT2D eigenvalue weighted by atomic mass is 16.3. The Morgan fingerprint density at radius 3 is 2.43 bits per heavy atom. The van der Waals surface area contributed by atoms with Gasteiger partial charge in [-0.25, -0.2) is 4.79 Å². The van der Waals surface area contributed by atoms with Crippen LogP contribution >= 0.6 is 0 Å². The van der Waals surface area contributed by atoms with Gasteiger partial charge in [-0.1, -0.05) is 26.0 Å². The summed E-state index contributed by atoms with van der Waals surface area (Å²) in [6.07, 6.45) is -0.205. The van der Waals surface area contributed by atoms with Crippen molar-refractivity contribution in [3.05, 3.63) is 29.8 Å². The number of nitrogens with one attached hydrogen (secondary N) is 1. The van der Waals surface area contributed by atoms with Crippen molar-refractivity contribution in [3.8, 4) is 6.07 Å². The molecule has 21 heavy (non-hydrogen) atoms. The number of nitriles is 1. The summed E-state index contributed by atoms with van der Waals surface area (Å²) in [5, 5.41) is 20.9. The summed E-state index contributed by atoms with van der Waals surface area (Å²) in [5.74, 6) is 0.340. The molecule has 2 amide bonds. The van der Waals surface area contributed by atoms with E-state index in [1.165, 1.54) is 0 Å². The van der Waals surface area contributed by atoms with Gasteiger partial charge in [0.1, 0.15) is 0 Å². The third-order valence-electron chi connectivity index (χ3n) is 3.01. The van der Waals surface area contributed by atoms with Crippen LogP contribution in [-0.2, 0) is 0 Å². The molecule has 114 valence electrons. The zero-order valence-corrected chi connectivity index (χ0v) is 12.8. The average molecular weight is 289 g/mol. The number of amides is 2. The number of benzene rings is 1. The van der Waals surface area contributed by atoms with E-state index < -0.39 is 6.10 Å². The third kappa shape index (κ3) is 5.84. The first kappa shape index (κ1) is 17.0. The molecule has 0 bridgehead atoms. The zero-order chi connectivity index (χ0) is 15.8. The Morgan fingerprint density at radius 2 is 1.95 bits per heavy atom. The van der Waals surface area contributed by atoms with E-state index in [1.54, 1.807) is 36.1 Å². The van der Waals surface area contributed by atoms with Gasteiger partial charge in [0, 0.05) is 18.8 Å². The highest BCUT2D eigenvalue weighted by Crippen LogP contribution is 2.16. The molecule has 0 saturated heterocycles. The summed E-state index contributed by atoms with van der Waals surface area (Å²) in [5.41, 5.74) is 1.48. The fraction of sp³-hybridized carbons (Fsp3) is 0.500. The fourth-order valence-electron chi connectivity index (χ4n) is 1.95. The van der Waals surface area contributed by atoms with E-state index in [0.717, 1.165) is 5.56 Å². The summed E-state index contributed by atoms with van der Waals surface area (Å²) >= 11 is 0. The predicted molar refractivity (Wildman–Crippen MR) is 82.7 cm³/mol. The normalized spacial score (nSPS) is 11.8. The van der Waals surface area contributed by atoms with Gasteiger partial charge in [-0.15, -0.1) is 0 Å². The molecule has 2 N–H and O–H groups in total. The number of aliphatic hydroxyl groups is 1. The largest absolute Gasteiger partial charge is 0.389 e. The van der Waals surface area contributed by atoms with Gasteiger partial charge in [0.25, 0.3) is 0 Å². The Hall–Kier alpha value is -2.06. The number of hydrogen-bond donors (Lipinski definition) is 2. The van der Waals surface area contributed by atoms with Crippen LogP contribution < -0.4 is 5.32 Å². The third-order valence-corrected chi connectivity index (χ3v) is 3.01. The number of anilines is 1. The Kier molecular flexibility index (Phi) is 6.70. The van der Waals surface area contributed by atoms with Crippen LogP contribution in [-0.4, -0.2) is 29.1 Å². The van der Waals surface area contributed by atoms with Crippen LogP contribution in [0.2, 0.25) is 0 Å². The van der Waals surface area contributed by atoms with Crippen molar-refractivity contribution in [2.24, 2.45) is 5.92 Å². The topological polar surface area (TPSA) is 76.4 Å². The van der Waals surface area contributed by atoms with Gasteiger partial charge in [-0.2, -0.15) is 5.26 Å². The molecule has 0 aliphatic carbocycles. The second-order valence-electron chi connectivity index (χ2n) is 5.48. The molecule has 5 heteroatoms. The molecule has 1 aromatic rings. The van der Waals surface area contributed by atoms with E-state index in [1.807, 2.05) is 13.8 Å². The smallest absolute Gasteiger partial charge is 0.321 e. The molecule has 0 fully saturated rings. The highest BCUT2D eigenvalue weighted by Gasteiger charge is 2.14. The number of carbonyl (C=O) groups is 1. The van der Waals surface area contributed by atoms with Crippen molar-refractivity contribution in [1.82, 2.24) is 4.90 Å². The van der Waals surface area contributed by atoms with E-state index in [2.05, 4.69) is 11.4 Å². The van der Waals surface area contributed by atoms with E-state index in [-0.39, 0.29) is 6.03 Å². The van der Waals surface area contributed by atoms with Crippen LogP contribution in [0.4, 0.5) is 10.5 Å². The van der Waals surface area contributed by atoms with Gasteiger partial charge < -0.3 is 15.3 Å². The molecule has 0 aromatic heterocycles. The fourth-order valence-corrected chi connectivity index (χ4v) is 1.95. The van der Waals surface area contributed by atoms with Gasteiger partial charge in [0.05, 0.1) is 18.6 Å². The molecule has 1 aromatic carbocycles. The number of rotatable bonds is 6. The lowest BCUT2D eigenvalue weighted by molar-refractivity contribution is 0.199. The van der Waals surface area contributed by atoms with Crippen molar-refractivity contribution in [3.63, 3.8) is 0 Å². The maximum atomic E-state index is 12.2. The van der Waals surface area contributed by atoms with Crippen LogP contribution in [0, 0.1) is 17.2 Å². The minimum atomic E-state index is -0.525. The van der Waals surface area contributed by atoms with Crippen molar-refractivity contribution < 1.29 is 9.90 Å². The van der Waals surface area contributed by atoms with E-state index in [9.17, 15) is 9.90 Å². The van der Waals surface area contributed by atoms with Crippen molar-refractivity contribution in [1.29, 1.82) is 5.26 Å². The average Bonchev–Trinajstić information content (AvgIpc) is 2.43. The van der Waals surface area contributed by atoms with Crippen LogP contribution in [0.15, 0.2) is 24.3 Å². The van der Waals surface area contributed by atoms with Gasteiger partial charge in [0.15, 0.2) is 0 Å². The first-order chi connectivity index (χ1) is 9.93. The minimum Gasteiger partial charge on any atom is -0.389 e. The van der Waals surface area contributed by atoms with E-state index in [0.29, 0.717) is 31.1 Å². The zero-order valence-electron chi connectivity index (χ0n) is 12.8. The van der Waals surface area contributed by atoms with Gasteiger partial charge in [0.2, 0.25) is 0 Å². The van der Waals surface area contributed by atoms with Crippen LogP contribution in [0.25, 0.3) is 0 Å². The van der Waals surface area contributed by atoms with Crippen molar-refractivity contribution in [2.75, 3.05) is 18.4 Å². The molecule has 1 unspecified atom stereocenters. The van der Waals surface area contributed by atoms with Crippen LogP contribution in [0.3, 0.4) is 0 Å². The molecule has 0 aliphatic rings.